The number of aromatic nitrogens is 2. The molecule has 0 radical (unpaired) electrons. The van der Waals surface area contributed by atoms with Gasteiger partial charge in [-0.25, -0.2) is 9.97 Å². The molecule has 27 heavy (non-hydrogen) atoms. The third-order valence-electron chi connectivity index (χ3n) is 4.12. The number of amides is 1. The van der Waals surface area contributed by atoms with Crippen molar-refractivity contribution in [2.24, 2.45) is 0 Å². The van der Waals surface area contributed by atoms with Crippen LogP contribution in [0.4, 0.5) is 11.6 Å². The largest absolute Gasteiger partial charge is 0.378 e. The molecule has 1 saturated heterocycles. The summed E-state index contributed by atoms with van der Waals surface area (Å²) in [4.78, 5) is 23.0. The van der Waals surface area contributed by atoms with Gasteiger partial charge in [-0.1, -0.05) is 30.3 Å². The average Bonchev–Trinajstić information content (AvgIpc) is 2.71. The molecule has 1 aromatic heterocycles. The Morgan fingerprint density at radius 1 is 1.19 bits per heavy atom. The van der Waals surface area contributed by atoms with E-state index in [9.17, 15) is 4.79 Å². The number of morpholine rings is 1. The number of hydrogen-bond acceptors (Lipinski definition) is 6. The van der Waals surface area contributed by atoms with Crippen LogP contribution in [-0.4, -0.2) is 55.3 Å². The predicted octanol–water partition coefficient (Wildman–Crippen LogP) is 1.86. The fourth-order valence-electron chi connectivity index (χ4n) is 2.77. The second-order valence-corrected chi connectivity index (χ2v) is 6.22. The van der Waals surface area contributed by atoms with Gasteiger partial charge in [0.1, 0.15) is 17.5 Å². The van der Waals surface area contributed by atoms with Gasteiger partial charge in [0.15, 0.2) is 0 Å². The number of ether oxygens (including phenoxy) is 1. The highest BCUT2D eigenvalue weighted by molar-refractivity contribution is 5.91. The standard InChI is InChI=1S/C20H25N5O2/c1-16-23-18(15-19(24-16)25-11-13-27-14-12-25)21-9-10-22-20(26)8-7-17-5-3-2-4-6-17/h2-8,15H,9-14H2,1H3,(H,22,26)(H,21,23,24)/b8-7+. The van der Waals surface area contributed by atoms with Gasteiger partial charge in [-0.15, -0.1) is 0 Å². The molecule has 0 aliphatic carbocycles. The molecule has 0 atom stereocenters. The molecule has 2 aromatic rings. The van der Waals surface area contributed by atoms with E-state index in [4.69, 9.17) is 4.74 Å². The molecule has 1 fully saturated rings. The number of carbonyl (C=O) groups is 1. The number of aryl methyl sites for hydroxylation is 1. The predicted molar refractivity (Wildman–Crippen MR) is 107 cm³/mol. The third kappa shape index (κ3) is 6.07. The van der Waals surface area contributed by atoms with Crippen molar-refractivity contribution in [1.29, 1.82) is 0 Å². The molecule has 2 heterocycles. The highest BCUT2D eigenvalue weighted by Gasteiger charge is 2.14. The molecule has 3 rings (SSSR count). The molecular weight excluding hydrogens is 342 g/mol. The maximum Gasteiger partial charge on any atom is 0.244 e. The van der Waals surface area contributed by atoms with Crippen LogP contribution in [0.3, 0.4) is 0 Å². The molecular formula is C20H25N5O2. The summed E-state index contributed by atoms with van der Waals surface area (Å²) in [7, 11) is 0. The van der Waals surface area contributed by atoms with Crippen molar-refractivity contribution in [3.05, 3.63) is 53.9 Å². The van der Waals surface area contributed by atoms with Crippen LogP contribution < -0.4 is 15.5 Å². The number of carbonyl (C=O) groups excluding carboxylic acids is 1. The fourth-order valence-corrected chi connectivity index (χ4v) is 2.77. The SMILES string of the molecule is Cc1nc(NCCNC(=O)/C=C/c2ccccc2)cc(N2CCOCC2)n1. The topological polar surface area (TPSA) is 79.4 Å². The van der Waals surface area contributed by atoms with E-state index in [0.29, 0.717) is 26.3 Å². The average molecular weight is 367 g/mol. The van der Waals surface area contributed by atoms with Crippen molar-refractivity contribution in [1.82, 2.24) is 15.3 Å². The second-order valence-electron chi connectivity index (χ2n) is 6.22. The van der Waals surface area contributed by atoms with E-state index < -0.39 is 0 Å². The first kappa shape index (κ1) is 18.8. The van der Waals surface area contributed by atoms with E-state index in [2.05, 4.69) is 25.5 Å². The maximum atomic E-state index is 11.9. The van der Waals surface area contributed by atoms with Crippen LogP contribution in [-0.2, 0) is 9.53 Å². The van der Waals surface area contributed by atoms with E-state index in [-0.39, 0.29) is 5.91 Å². The number of nitrogens with zero attached hydrogens (tertiary/aromatic N) is 3. The number of rotatable bonds is 7. The summed E-state index contributed by atoms with van der Waals surface area (Å²) < 4.78 is 5.39. The summed E-state index contributed by atoms with van der Waals surface area (Å²) in [5, 5.41) is 6.10. The van der Waals surface area contributed by atoms with Gasteiger partial charge in [0.25, 0.3) is 0 Å². The van der Waals surface area contributed by atoms with Crippen molar-refractivity contribution >= 4 is 23.6 Å². The van der Waals surface area contributed by atoms with Crippen molar-refractivity contribution in [3.8, 4) is 0 Å². The zero-order valence-corrected chi connectivity index (χ0v) is 15.5. The van der Waals surface area contributed by atoms with Crippen molar-refractivity contribution < 1.29 is 9.53 Å². The molecule has 2 N–H and O–H groups in total. The lowest BCUT2D eigenvalue weighted by Gasteiger charge is -2.28. The molecule has 0 unspecified atom stereocenters. The molecule has 7 heteroatoms. The Morgan fingerprint density at radius 3 is 2.74 bits per heavy atom. The van der Waals surface area contributed by atoms with Crippen LogP contribution in [0.5, 0.6) is 0 Å². The minimum absolute atomic E-state index is 0.117. The lowest BCUT2D eigenvalue weighted by Crippen LogP contribution is -2.37. The summed E-state index contributed by atoms with van der Waals surface area (Å²) in [5.74, 6) is 2.27. The van der Waals surface area contributed by atoms with Gasteiger partial charge in [0.05, 0.1) is 13.2 Å². The Bertz CT molecular complexity index is 773. The van der Waals surface area contributed by atoms with Crippen molar-refractivity contribution in [2.75, 3.05) is 49.6 Å². The Morgan fingerprint density at radius 2 is 1.96 bits per heavy atom. The first-order valence-electron chi connectivity index (χ1n) is 9.14. The maximum absolute atomic E-state index is 11.9. The first-order chi connectivity index (χ1) is 13.2. The van der Waals surface area contributed by atoms with Crippen LogP contribution in [0.1, 0.15) is 11.4 Å². The third-order valence-corrected chi connectivity index (χ3v) is 4.12. The zero-order chi connectivity index (χ0) is 18.9. The van der Waals surface area contributed by atoms with E-state index in [1.165, 1.54) is 0 Å². The van der Waals surface area contributed by atoms with E-state index in [0.717, 1.165) is 36.1 Å². The van der Waals surface area contributed by atoms with E-state index >= 15 is 0 Å². The highest BCUT2D eigenvalue weighted by atomic mass is 16.5. The zero-order valence-electron chi connectivity index (χ0n) is 15.5. The van der Waals surface area contributed by atoms with Crippen LogP contribution in [0, 0.1) is 6.92 Å². The van der Waals surface area contributed by atoms with Gasteiger partial charge >= 0.3 is 0 Å². The molecule has 1 aromatic carbocycles. The number of nitrogens with one attached hydrogen (secondary N) is 2. The highest BCUT2D eigenvalue weighted by Crippen LogP contribution is 2.16. The second kappa shape index (κ2) is 9.68. The van der Waals surface area contributed by atoms with Crippen LogP contribution in [0.2, 0.25) is 0 Å². The summed E-state index contributed by atoms with van der Waals surface area (Å²) in [5.41, 5.74) is 0.998. The van der Waals surface area contributed by atoms with Gasteiger partial charge in [-0.05, 0) is 18.6 Å². The normalized spacial score (nSPS) is 14.3. The van der Waals surface area contributed by atoms with Crippen molar-refractivity contribution in [2.45, 2.75) is 6.92 Å². The molecule has 0 bridgehead atoms. The molecule has 0 spiro atoms. The first-order valence-corrected chi connectivity index (χ1v) is 9.14. The van der Waals surface area contributed by atoms with E-state index in [1.807, 2.05) is 43.3 Å². The lowest BCUT2D eigenvalue weighted by atomic mass is 10.2. The number of anilines is 2. The van der Waals surface area contributed by atoms with E-state index in [1.54, 1.807) is 12.2 Å². The van der Waals surface area contributed by atoms with Crippen molar-refractivity contribution in [3.63, 3.8) is 0 Å². The summed E-state index contributed by atoms with van der Waals surface area (Å²) in [6, 6.07) is 11.7. The molecule has 7 nitrogen and oxygen atoms in total. The summed E-state index contributed by atoms with van der Waals surface area (Å²) >= 11 is 0. The van der Waals surface area contributed by atoms with Gasteiger partial charge in [0, 0.05) is 38.3 Å². The molecule has 1 amide bonds. The Kier molecular flexibility index (Phi) is 6.76. The summed E-state index contributed by atoms with van der Waals surface area (Å²) in [6.45, 7) is 6.07. The minimum Gasteiger partial charge on any atom is -0.378 e. The lowest BCUT2D eigenvalue weighted by molar-refractivity contribution is -0.116. The van der Waals surface area contributed by atoms with Crippen LogP contribution in [0.15, 0.2) is 42.5 Å². The van der Waals surface area contributed by atoms with Gasteiger partial charge < -0.3 is 20.3 Å². The Balaban J connectivity index is 1.45. The minimum atomic E-state index is -0.117. The fraction of sp³-hybridized carbons (Fsp3) is 0.350. The Hall–Kier alpha value is -2.93. The summed E-state index contributed by atoms with van der Waals surface area (Å²) in [6.07, 6.45) is 3.34. The monoisotopic (exact) mass is 367 g/mol. The molecule has 142 valence electrons. The molecule has 1 aliphatic rings. The number of benzene rings is 1. The van der Waals surface area contributed by atoms with Gasteiger partial charge in [-0.3, -0.25) is 4.79 Å². The van der Waals surface area contributed by atoms with Crippen LogP contribution >= 0.6 is 0 Å². The smallest absolute Gasteiger partial charge is 0.244 e. The van der Waals surface area contributed by atoms with Gasteiger partial charge in [-0.2, -0.15) is 0 Å². The number of hydrogen-bond donors (Lipinski definition) is 2. The molecule has 1 aliphatic heterocycles. The molecule has 0 saturated carbocycles. The van der Waals surface area contributed by atoms with Gasteiger partial charge in [0.2, 0.25) is 5.91 Å². The van der Waals surface area contributed by atoms with Crippen LogP contribution in [0.25, 0.3) is 6.08 Å². The quantitative estimate of drug-likeness (QED) is 0.574. The Labute approximate surface area is 159 Å².